The molecule has 2 aromatic heterocycles. The number of pyridine rings is 1. The third-order valence-corrected chi connectivity index (χ3v) is 5.64. The van der Waals surface area contributed by atoms with Crippen LogP contribution in [-0.2, 0) is 10.2 Å². The average Bonchev–Trinajstić information content (AvgIpc) is 3.25. The van der Waals surface area contributed by atoms with Crippen molar-refractivity contribution in [3.63, 3.8) is 0 Å². The Morgan fingerprint density at radius 3 is 2.41 bits per heavy atom. The van der Waals surface area contributed by atoms with Crippen molar-refractivity contribution in [3.8, 4) is 0 Å². The van der Waals surface area contributed by atoms with E-state index in [1.807, 2.05) is 30.3 Å². The topological polar surface area (TPSA) is 75.5 Å². The number of nitrogens with one attached hydrogen (secondary N) is 2. The van der Waals surface area contributed by atoms with Crippen LogP contribution in [0.15, 0.2) is 60.9 Å². The molecule has 1 unspecified atom stereocenters. The Labute approximate surface area is 190 Å². The fraction of sp³-hybridized carbons (Fsp3) is 0.423. The van der Waals surface area contributed by atoms with Gasteiger partial charge >= 0.3 is 0 Å². The number of hydrogen-bond donors (Lipinski definition) is 2. The van der Waals surface area contributed by atoms with Gasteiger partial charge in [-0.3, -0.25) is 14.0 Å². The molecule has 0 radical (unpaired) electrons. The molecule has 1 aromatic carbocycles. The molecule has 0 spiro atoms. The Morgan fingerprint density at radius 2 is 1.72 bits per heavy atom. The molecule has 0 bridgehead atoms. The first-order chi connectivity index (χ1) is 15.3. The standard InChI is InChI=1S/C26H34N4O2/c1-19(2)15-26(21-9-6-5-7-10-21,16-24(31)28-17-20(3)4)18-29-25(32)22-11-8-12-23-27-13-14-30(22)23/h5-14,19-20H,15-18H2,1-4H3,(H,28,31)(H,29,32). The molecule has 0 saturated carbocycles. The maximum atomic E-state index is 13.2. The van der Waals surface area contributed by atoms with Crippen LogP contribution in [0, 0.1) is 11.8 Å². The Balaban J connectivity index is 1.89. The molecule has 32 heavy (non-hydrogen) atoms. The summed E-state index contributed by atoms with van der Waals surface area (Å²) in [6, 6.07) is 15.5. The number of imidazole rings is 1. The summed E-state index contributed by atoms with van der Waals surface area (Å²) < 4.78 is 1.78. The van der Waals surface area contributed by atoms with Crippen LogP contribution in [0.3, 0.4) is 0 Å². The van der Waals surface area contributed by atoms with Gasteiger partial charge in [-0.1, -0.05) is 64.1 Å². The molecular weight excluding hydrogens is 400 g/mol. The third kappa shape index (κ3) is 5.75. The van der Waals surface area contributed by atoms with Crippen LogP contribution >= 0.6 is 0 Å². The van der Waals surface area contributed by atoms with Gasteiger partial charge in [0, 0.05) is 37.3 Å². The summed E-state index contributed by atoms with van der Waals surface area (Å²) in [6.45, 7) is 9.47. The van der Waals surface area contributed by atoms with Crippen LogP contribution in [-0.4, -0.2) is 34.3 Å². The second kappa shape index (κ2) is 10.4. The highest BCUT2D eigenvalue weighted by Crippen LogP contribution is 2.34. The molecule has 3 aromatic rings. The smallest absolute Gasteiger partial charge is 0.268 e. The molecule has 2 N–H and O–H groups in total. The zero-order valence-electron chi connectivity index (χ0n) is 19.5. The van der Waals surface area contributed by atoms with Crippen LogP contribution in [0.4, 0.5) is 0 Å². The van der Waals surface area contributed by atoms with Crippen LogP contribution < -0.4 is 10.6 Å². The molecule has 6 nitrogen and oxygen atoms in total. The van der Waals surface area contributed by atoms with Gasteiger partial charge in [0.2, 0.25) is 5.91 Å². The van der Waals surface area contributed by atoms with Gasteiger partial charge < -0.3 is 10.6 Å². The molecule has 0 aliphatic heterocycles. The van der Waals surface area contributed by atoms with Crippen molar-refractivity contribution in [1.82, 2.24) is 20.0 Å². The number of aromatic nitrogens is 2. The first kappa shape index (κ1) is 23.5. The number of rotatable bonds is 10. The van der Waals surface area contributed by atoms with Crippen LogP contribution in [0.1, 0.15) is 56.6 Å². The molecule has 0 saturated heterocycles. The maximum Gasteiger partial charge on any atom is 0.268 e. The SMILES string of the molecule is CC(C)CNC(=O)CC(CNC(=O)c1cccc2nccn12)(CC(C)C)c1ccccc1. The van der Waals surface area contributed by atoms with Gasteiger partial charge in [-0.25, -0.2) is 4.98 Å². The van der Waals surface area contributed by atoms with Crippen molar-refractivity contribution in [2.24, 2.45) is 11.8 Å². The van der Waals surface area contributed by atoms with Crippen LogP contribution in [0.5, 0.6) is 0 Å². The van der Waals surface area contributed by atoms with E-state index in [4.69, 9.17) is 0 Å². The lowest BCUT2D eigenvalue weighted by molar-refractivity contribution is -0.122. The van der Waals surface area contributed by atoms with Crippen LogP contribution in [0.2, 0.25) is 0 Å². The van der Waals surface area contributed by atoms with E-state index in [1.165, 1.54) is 0 Å². The summed E-state index contributed by atoms with van der Waals surface area (Å²) in [5, 5.41) is 6.18. The van der Waals surface area contributed by atoms with E-state index >= 15 is 0 Å². The van der Waals surface area contributed by atoms with E-state index in [2.05, 4.69) is 55.4 Å². The van der Waals surface area contributed by atoms with E-state index < -0.39 is 5.41 Å². The Bertz CT molecular complexity index is 1040. The minimum atomic E-state index is -0.505. The molecule has 3 rings (SSSR count). The van der Waals surface area contributed by atoms with Gasteiger partial charge in [0.05, 0.1) is 0 Å². The van der Waals surface area contributed by atoms with Crippen molar-refractivity contribution in [1.29, 1.82) is 0 Å². The summed E-state index contributed by atoms with van der Waals surface area (Å²) in [6.07, 6.45) is 4.56. The average molecular weight is 435 g/mol. The van der Waals surface area contributed by atoms with Gasteiger partial charge in [-0.2, -0.15) is 0 Å². The molecule has 0 aliphatic carbocycles. The summed E-state index contributed by atoms with van der Waals surface area (Å²) in [7, 11) is 0. The van der Waals surface area contributed by atoms with E-state index in [9.17, 15) is 9.59 Å². The number of fused-ring (bicyclic) bond motifs is 1. The maximum absolute atomic E-state index is 13.2. The number of hydrogen-bond acceptors (Lipinski definition) is 3. The molecule has 2 heterocycles. The number of nitrogens with zero attached hydrogens (tertiary/aromatic N) is 2. The second-order valence-electron chi connectivity index (χ2n) is 9.37. The largest absolute Gasteiger partial charge is 0.356 e. The number of carbonyl (C=O) groups is 2. The Hall–Kier alpha value is -3.15. The molecule has 1 atom stereocenters. The molecule has 0 aliphatic rings. The predicted octanol–water partition coefficient (Wildman–Crippen LogP) is 4.21. The lowest BCUT2D eigenvalue weighted by atomic mass is 9.71. The minimum Gasteiger partial charge on any atom is -0.356 e. The van der Waals surface area contributed by atoms with Crippen molar-refractivity contribution >= 4 is 17.5 Å². The zero-order valence-corrected chi connectivity index (χ0v) is 19.5. The van der Waals surface area contributed by atoms with Crippen molar-refractivity contribution in [2.45, 2.75) is 46.0 Å². The lowest BCUT2D eigenvalue weighted by Crippen LogP contribution is -2.45. The van der Waals surface area contributed by atoms with Gasteiger partial charge in [0.1, 0.15) is 11.3 Å². The summed E-state index contributed by atoms with van der Waals surface area (Å²) in [5.41, 5.74) is 1.81. The van der Waals surface area contributed by atoms with Gasteiger partial charge in [-0.15, -0.1) is 0 Å². The zero-order chi connectivity index (χ0) is 23.1. The number of carbonyl (C=O) groups excluding carboxylic acids is 2. The normalized spacial score (nSPS) is 13.3. The van der Waals surface area contributed by atoms with Crippen molar-refractivity contribution < 1.29 is 9.59 Å². The Kier molecular flexibility index (Phi) is 7.67. The first-order valence-corrected chi connectivity index (χ1v) is 11.3. The van der Waals surface area contributed by atoms with Crippen molar-refractivity contribution in [3.05, 3.63) is 72.2 Å². The summed E-state index contributed by atoms with van der Waals surface area (Å²) in [5.74, 6) is 0.557. The third-order valence-electron chi connectivity index (χ3n) is 5.64. The highest BCUT2D eigenvalue weighted by molar-refractivity contribution is 5.93. The second-order valence-corrected chi connectivity index (χ2v) is 9.37. The quantitative estimate of drug-likeness (QED) is 0.502. The van der Waals surface area contributed by atoms with Crippen LogP contribution in [0.25, 0.3) is 5.65 Å². The van der Waals surface area contributed by atoms with Gasteiger partial charge in [-0.05, 0) is 36.0 Å². The summed E-state index contributed by atoms with van der Waals surface area (Å²) >= 11 is 0. The number of amides is 2. The fourth-order valence-electron chi connectivity index (χ4n) is 4.26. The van der Waals surface area contributed by atoms with Gasteiger partial charge in [0.15, 0.2) is 0 Å². The highest BCUT2D eigenvalue weighted by atomic mass is 16.2. The monoisotopic (exact) mass is 434 g/mol. The minimum absolute atomic E-state index is 0.00848. The fourth-order valence-corrected chi connectivity index (χ4v) is 4.26. The highest BCUT2D eigenvalue weighted by Gasteiger charge is 2.36. The predicted molar refractivity (Wildman–Crippen MR) is 128 cm³/mol. The summed E-state index contributed by atoms with van der Waals surface area (Å²) in [4.78, 5) is 30.4. The lowest BCUT2D eigenvalue weighted by Gasteiger charge is -2.36. The Morgan fingerprint density at radius 1 is 0.969 bits per heavy atom. The van der Waals surface area contributed by atoms with Crippen molar-refractivity contribution in [2.75, 3.05) is 13.1 Å². The molecule has 6 heteroatoms. The molecule has 2 amide bonds. The van der Waals surface area contributed by atoms with E-state index in [0.29, 0.717) is 37.0 Å². The molecule has 170 valence electrons. The van der Waals surface area contributed by atoms with Gasteiger partial charge in [0.25, 0.3) is 5.91 Å². The number of benzene rings is 1. The molecule has 0 fully saturated rings. The van der Waals surface area contributed by atoms with E-state index in [-0.39, 0.29) is 11.8 Å². The van der Waals surface area contributed by atoms with E-state index in [1.54, 1.807) is 22.9 Å². The van der Waals surface area contributed by atoms with E-state index in [0.717, 1.165) is 17.6 Å². The molecular formula is C26H34N4O2. The first-order valence-electron chi connectivity index (χ1n) is 11.3.